The van der Waals surface area contributed by atoms with Gasteiger partial charge in [-0.3, -0.25) is 4.90 Å². The highest BCUT2D eigenvalue weighted by Gasteiger charge is 2.44. The van der Waals surface area contributed by atoms with Gasteiger partial charge < -0.3 is 10.0 Å². The lowest BCUT2D eigenvalue weighted by Crippen LogP contribution is -2.52. The first-order chi connectivity index (χ1) is 11.4. The lowest BCUT2D eigenvalue weighted by molar-refractivity contribution is 0.152. The Morgan fingerprint density at radius 2 is 1.83 bits per heavy atom. The molecule has 4 heteroatoms. The van der Waals surface area contributed by atoms with Crippen LogP contribution in [0.3, 0.4) is 0 Å². The molecule has 2 fully saturated rings. The topological polar surface area (TPSA) is 39.6 Å². The summed E-state index contributed by atoms with van der Waals surface area (Å²) >= 11 is 0. The van der Waals surface area contributed by atoms with E-state index in [2.05, 4.69) is 51.2 Å². The number of nitrogens with zero attached hydrogens (tertiary/aromatic N) is 3. The van der Waals surface area contributed by atoms with Gasteiger partial charge in [0, 0.05) is 56.9 Å². The number of piperazine rings is 1. The average molecular weight is 309 g/mol. The summed E-state index contributed by atoms with van der Waals surface area (Å²) in [5, 5.41) is 10.0. The van der Waals surface area contributed by atoms with Crippen molar-refractivity contribution in [1.82, 2.24) is 9.88 Å². The Labute approximate surface area is 137 Å². The minimum Gasteiger partial charge on any atom is -0.396 e. The van der Waals surface area contributed by atoms with Crippen LogP contribution in [0, 0.1) is 5.92 Å². The van der Waals surface area contributed by atoms with Crippen molar-refractivity contribution in [2.45, 2.75) is 12.0 Å². The molecule has 0 spiro atoms. The van der Waals surface area contributed by atoms with Crippen molar-refractivity contribution in [3.05, 3.63) is 60.3 Å². The second-order valence-electron chi connectivity index (χ2n) is 6.56. The van der Waals surface area contributed by atoms with Crippen molar-refractivity contribution < 1.29 is 5.11 Å². The van der Waals surface area contributed by atoms with E-state index in [-0.39, 0.29) is 6.61 Å². The number of rotatable bonds is 3. The van der Waals surface area contributed by atoms with Gasteiger partial charge in [0.15, 0.2) is 0 Å². The molecule has 2 saturated heterocycles. The first-order valence-corrected chi connectivity index (χ1v) is 8.42. The van der Waals surface area contributed by atoms with E-state index >= 15 is 0 Å². The molecule has 120 valence electrons. The summed E-state index contributed by atoms with van der Waals surface area (Å²) in [6.07, 6.45) is 1.85. The molecule has 0 aliphatic carbocycles. The van der Waals surface area contributed by atoms with Gasteiger partial charge in [0.25, 0.3) is 0 Å². The number of benzene rings is 1. The third-order valence-electron chi connectivity index (χ3n) is 5.39. The molecule has 4 rings (SSSR count). The maximum atomic E-state index is 10.0. The van der Waals surface area contributed by atoms with E-state index in [0.29, 0.717) is 17.9 Å². The molecule has 0 saturated carbocycles. The smallest absolute Gasteiger partial charge is 0.128 e. The fourth-order valence-corrected chi connectivity index (χ4v) is 4.19. The van der Waals surface area contributed by atoms with Crippen molar-refractivity contribution in [3.8, 4) is 0 Å². The third-order valence-corrected chi connectivity index (χ3v) is 5.39. The maximum Gasteiger partial charge on any atom is 0.128 e. The minimum absolute atomic E-state index is 0.247. The fraction of sp³-hybridized carbons (Fsp3) is 0.421. The SMILES string of the molecule is OC[C@@H]1[C@@H](c2ccccc2)CN2CCN(c3ccccn3)C[C@H]12. The number of fused-ring (bicyclic) bond motifs is 1. The zero-order valence-electron chi connectivity index (χ0n) is 13.3. The monoisotopic (exact) mass is 309 g/mol. The van der Waals surface area contributed by atoms with Crippen molar-refractivity contribution in [2.75, 3.05) is 37.7 Å². The van der Waals surface area contributed by atoms with E-state index in [4.69, 9.17) is 0 Å². The summed E-state index contributed by atoms with van der Waals surface area (Å²) in [6, 6.07) is 17.1. The van der Waals surface area contributed by atoms with Crippen molar-refractivity contribution in [2.24, 2.45) is 5.92 Å². The minimum atomic E-state index is 0.247. The zero-order chi connectivity index (χ0) is 15.6. The number of hydrogen-bond donors (Lipinski definition) is 1. The van der Waals surface area contributed by atoms with Crippen LogP contribution in [0.25, 0.3) is 0 Å². The molecule has 3 heterocycles. The highest BCUT2D eigenvalue weighted by atomic mass is 16.3. The molecule has 1 aromatic heterocycles. The van der Waals surface area contributed by atoms with Gasteiger partial charge in [-0.2, -0.15) is 0 Å². The van der Waals surface area contributed by atoms with Gasteiger partial charge >= 0.3 is 0 Å². The summed E-state index contributed by atoms with van der Waals surface area (Å²) in [4.78, 5) is 9.40. The number of hydrogen-bond acceptors (Lipinski definition) is 4. The molecular weight excluding hydrogens is 286 g/mol. The van der Waals surface area contributed by atoms with Gasteiger partial charge in [-0.15, -0.1) is 0 Å². The first kappa shape index (κ1) is 14.7. The number of aliphatic hydroxyl groups excluding tert-OH is 1. The summed E-state index contributed by atoms with van der Waals surface area (Å²) in [5.41, 5.74) is 1.35. The predicted molar refractivity (Wildman–Crippen MR) is 91.6 cm³/mol. The maximum absolute atomic E-state index is 10.0. The number of anilines is 1. The molecule has 23 heavy (non-hydrogen) atoms. The Kier molecular flexibility index (Phi) is 4.02. The molecule has 0 bridgehead atoms. The molecule has 0 amide bonds. The largest absolute Gasteiger partial charge is 0.396 e. The molecule has 3 atom stereocenters. The Morgan fingerprint density at radius 1 is 1.00 bits per heavy atom. The van der Waals surface area contributed by atoms with E-state index in [1.54, 1.807) is 0 Å². The summed E-state index contributed by atoms with van der Waals surface area (Å²) in [5.74, 6) is 1.77. The lowest BCUT2D eigenvalue weighted by atomic mass is 9.85. The second kappa shape index (κ2) is 6.30. The fourth-order valence-electron chi connectivity index (χ4n) is 4.19. The van der Waals surface area contributed by atoms with Crippen molar-refractivity contribution in [3.63, 3.8) is 0 Å². The summed E-state index contributed by atoms with van der Waals surface area (Å²) in [6.45, 7) is 4.30. The standard InChI is InChI=1S/C19H23N3O/c23-14-17-16(15-6-2-1-3-7-15)12-21-10-11-22(13-18(17)21)19-8-4-5-9-20-19/h1-9,16-18,23H,10-14H2/t16-,17-,18-/m1/s1. The van der Waals surface area contributed by atoms with Gasteiger partial charge in [0.2, 0.25) is 0 Å². The summed E-state index contributed by atoms with van der Waals surface area (Å²) in [7, 11) is 0. The van der Waals surface area contributed by atoms with Gasteiger partial charge in [0.05, 0.1) is 0 Å². The van der Waals surface area contributed by atoms with Crippen LogP contribution in [0.15, 0.2) is 54.7 Å². The molecule has 4 nitrogen and oxygen atoms in total. The quantitative estimate of drug-likeness (QED) is 0.941. The van der Waals surface area contributed by atoms with E-state index in [0.717, 1.165) is 32.0 Å². The van der Waals surface area contributed by atoms with Crippen LogP contribution in [0.5, 0.6) is 0 Å². The Hall–Kier alpha value is -1.91. The molecule has 0 radical (unpaired) electrons. The van der Waals surface area contributed by atoms with Crippen LogP contribution < -0.4 is 4.90 Å². The molecule has 2 aliphatic heterocycles. The first-order valence-electron chi connectivity index (χ1n) is 8.42. The van der Waals surface area contributed by atoms with Crippen LogP contribution in [0.2, 0.25) is 0 Å². The third kappa shape index (κ3) is 2.73. The van der Waals surface area contributed by atoms with E-state index in [1.807, 2.05) is 18.3 Å². The molecule has 0 unspecified atom stereocenters. The van der Waals surface area contributed by atoms with Crippen molar-refractivity contribution >= 4 is 5.82 Å². The Balaban J connectivity index is 1.56. The zero-order valence-corrected chi connectivity index (χ0v) is 13.3. The molecule has 1 N–H and O–H groups in total. The number of aliphatic hydroxyl groups is 1. The van der Waals surface area contributed by atoms with Gasteiger partial charge in [0.1, 0.15) is 5.82 Å². The van der Waals surface area contributed by atoms with E-state index in [9.17, 15) is 5.11 Å². The molecule has 2 aromatic rings. The molecule has 2 aliphatic rings. The highest BCUT2D eigenvalue weighted by Crippen LogP contribution is 2.39. The van der Waals surface area contributed by atoms with Crippen LogP contribution in [-0.2, 0) is 0 Å². The number of pyridine rings is 1. The predicted octanol–water partition coefficient (Wildman–Crippen LogP) is 1.98. The number of aromatic nitrogens is 1. The lowest BCUT2D eigenvalue weighted by Gasteiger charge is -2.39. The van der Waals surface area contributed by atoms with E-state index < -0.39 is 0 Å². The molecular formula is C19H23N3O. The second-order valence-corrected chi connectivity index (χ2v) is 6.56. The average Bonchev–Trinajstić information content (AvgIpc) is 3.01. The van der Waals surface area contributed by atoms with Crippen LogP contribution in [0.4, 0.5) is 5.82 Å². The van der Waals surface area contributed by atoms with Crippen LogP contribution in [0.1, 0.15) is 11.5 Å². The normalized spacial score (nSPS) is 27.9. The van der Waals surface area contributed by atoms with Gasteiger partial charge in [-0.1, -0.05) is 36.4 Å². The highest BCUT2D eigenvalue weighted by molar-refractivity contribution is 5.39. The van der Waals surface area contributed by atoms with Crippen LogP contribution >= 0.6 is 0 Å². The summed E-state index contributed by atoms with van der Waals surface area (Å²) < 4.78 is 0. The van der Waals surface area contributed by atoms with E-state index in [1.165, 1.54) is 5.56 Å². The van der Waals surface area contributed by atoms with Gasteiger partial charge in [-0.05, 0) is 17.7 Å². The van der Waals surface area contributed by atoms with Crippen LogP contribution in [-0.4, -0.2) is 53.8 Å². The van der Waals surface area contributed by atoms with Gasteiger partial charge in [-0.25, -0.2) is 4.98 Å². The Morgan fingerprint density at radius 3 is 2.57 bits per heavy atom. The van der Waals surface area contributed by atoms with Crippen molar-refractivity contribution in [1.29, 1.82) is 0 Å². The Bertz CT molecular complexity index is 634. The molecule has 1 aromatic carbocycles.